The third-order valence-corrected chi connectivity index (χ3v) is 3.93. The molecule has 0 atom stereocenters. The number of aryl methyl sites for hydroxylation is 1. The first-order valence-electron chi connectivity index (χ1n) is 6.82. The first-order chi connectivity index (χ1) is 10.5. The van der Waals surface area contributed by atoms with Gasteiger partial charge in [-0.2, -0.15) is 5.10 Å². The van der Waals surface area contributed by atoms with Crippen molar-refractivity contribution in [1.29, 1.82) is 0 Å². The zero-order valence-electron chi connectivity index (χ0n) is 13.2. The summed E-state index contributed by atoms with van der Waals surface area (Å²) in [6.45, 7) is 3.41. The molecule has 1 aromatic heterocycles. The molecule has 0 saturated carbocycles. The molecule has 2 aromatic rings. The van der Waals surface area contributed by atoms with Gasteiger partial charge in [0, 0.05) is 12.6 Å². The number of hydrogen-bond acceptors (Lipinski definition) is 5. The minimum absolute atomic E-state index is 0. The van der Waals surface area contributed by atoms with E-state index in [1.807, 2.05) is 11.6 Å². The number of ether oxygens (including phenoxy) is 1. The Morgan fingerprint density at radius 2 is 2.04 bits per heavy atom. The Morgan fingerprint density at radius 3 is 2.71 bits per heavy atom. The van der Waals surface area contributed by atoms with Crippen molar-refractivity contribution < 1.29 is 9.53 Å². The lowest BCUT2D eigenvalue weighted by Crippen LogP contribution is -2.38. The Morgan fingerprint density at radius 1 is 1.33 bits per heavy atom. The van der Waals surface area contributed by atoms with Crippen LogP contribution in [0.3, 0.4) is 0 Å². The van der Waals surface area contributed by atoms with Crippen LogP contribution < -0.4 is 10.5 Å². The number of nitrogens with two attached hydrogens (primary N) is 1. The number of carbonyl (C=O) groups excluding carboxylic acids is 1. The first kappa shape index (κ1) is 20.3. The van der Waals surface area contributed by atoms with Gasteiger partial charge in [0.15, 0.2) is 0 Å². The van der Waals surface area contributed by atoms with Crippen LogP contribution in [0.5, 0.6) is 5.75 Å². The number of aromatic nitrogens is 3. The Balaban J connectivity index is 0.00000144. The number of methoxy groups -OCH3 is 1. The van der Waals surface area contributed by atoms with Gasteiger partial charge in [-0.05, 0) is 13.0 Å². The molecule has 7 nitrogen and oxygen atoms in total. The average molecular weight is 395 g/mol. The van der Waals surface area contributed by atoms with E-state index in [0.717, 1.165) is 5.82 Å². The quantitative estimate of drug-likeness (QED) is 0.790. The van der Waals surface area contributed by atoms with Crippen molar-refractivity contribution in [1.82, 2.24) is 19.7 Å². The monoisotopic (exact) mass is 393 g/mol. The molecule has 0 fully saturated rings. The SMILES string of the molecule is COc1cc(N)c(Cl)cc1C(=O)N1CCn2nc(C)nc2C1.Cl.Cl. The van der Waals surface area contributed by atoms with Crippen LogP contribution in [0.25, 0.3) is 0 Å². The van der Waals surface area contributed by atoms with Crippen LogP contribution in [-0.4, -0.2) is 39.2 Å². The molecule has 1 aliphatic rings. The lowest BCUT2D eigenvalue weighted by atomic mass is 10.1. The molecule has 0 spiro atoms. The molecule has 0 bridgehead atoms. The van der Waals surface area contributed by atoms with Crippen molar-refractivity contribution in [2.24, 2.45) is 0 Å². The van der Waals surface area contributed by atoms with Gasteiger partial charge >= 0.3 is 0 Å². The fraction of sp³-hybridized carbons (Fsp3) is 0.357. The summed E-state index contributed by atoms with van der Waals surface area (Å²) < 4.78 is 7.07. The van der Waals surface area contributed by atoms with Crippen LogP contribution in [0.15, 0.2) is 12.1 Å². The summed E-state index contributed by atoms with van der Waals surface area (Å²) in [6, 6.07) is 3.11. The van der Waals surface area contributed by atoms with Crippen molar-refractivity contribution in [3.8, 4) is 5.75 Å². The van der Waals surface area contributed by atoms with Crippen molar-refractivity contribution >= 4 is 48.0 Å². The fourth-order valence-electron chi connectivity index (χ4n) is 2.51. The van der Waals surface area contributed by atoms with Gasteiger partial charge in [-0.25, -0.2) is 9.67 Å². The number of hydrogen-bond donors (Lipinski definition) is 1. The van der Waals surface area contributed by atoms with Crippen LogP contribution in [0.2, 0.25) is 5.02 Å². The van der Waals surface area contributed by atoms with Gasteiger partial charge in [-0.15, -0.1) is 24.8 Å². The normalized spacial score (nSPS) is 12.7. The van der Waals surface area contributed by atoms with Gasteiger partial charge in [-0.3, -0.25) is 4.79 Å². The highest BCUT2D eigenvalue weighted by Gasteiger charge is 2.26. The van der Waals surface area contributed by atoms with E-state index in [0.29, 0.717) is 47.5 Å². The highest BCUT2D eigenvalue weighted by Crippen LogP contribution is 2.30. The first-order valence-corrected chi connectivity index (χ1v) is 7.20. The van der Waals surface area contributed by atoms with Gasteiger partial charge < -0.3 is 15.4 Å². The third kappa shape index (κ3) is 3.68. The van der Waals surface area contributed by atoms with Crippen LogP contribution in [0.4, 0.5) is 5.69 Å². The lowest BCUT2D eigenvalue weighted by Gasteiger charge is -2.27. The van der Waals surface area contributed by atoms with Gasteiger partial charge in [0.2, 0.25) is 0 Å². The number of carbonyl (C=O) groups is 1. The van der Waals surface area contributed by atoms with E-state index < -0.39 is 0 Å². The summed E-state index contributed by atoms with van der Waals surface area (Å²) in [4.78, 5) is 18.8. The van der Waals surface area contributed by atoms with Crippen LogP contribution >= 0.6 is 36.4 Å². The maximum absolute atomic E-state index is 12.7. The molecule has 1 aromatic carbocycles. The summed E-state index contributed by atoms with van der Waals surface area (Å²) in [5.74, 6) is 1.73. The molecule has 10 heteroatoms. The van der Waals surface area contributed by atoms with Crippen LogP contribution in [0.1, 0.15) is 22.0 Å². The summed E-state index contributed by atoms with van der Waals surface area (Å²) >= 11 is 6.03. The second-order valence-electron chi connectivity index (χ2n) is 5.10. The second kappa shape index (κ2) is 7.92. The van der Waals surface area contributed by atoms with E-state index in [1.165, 1.54) is 7.11 Å². The van der Waals surface area contributed by atoms with Crippen molar-refractivity contribution in [3.05, 3.63) is 34.4 Å². The highest BCUT2D eigenvalue weighted by atomic mass is 35.5. The average Bonchev–Trinajstić information content (AvgIpc) is 2.87. The zero-order chi connectivity index (χ0) is 15.9. The Bertz CT molecular complexity index is 750. The van der Waals surface area contributed by atoms with Gasteiger partial charge in [0.1, 0.15) is 17.4 Å². The van der Waals surface area contributed by atoms with Gasteiger partial charge in [-0.1, -0.05) is 11.6 Å². The van der Waals surface area contributed by atoms with Crippen LogP contribution in [-0.2, 0) is 13.1 Å². The summed E-state index contributed by atoms with van der Waals surface area (Å²) in [5, 5.41) is 4.62. The number of nitrogens with zero attached hydrogens (tertiary/aromatic N) is 4. The van der Waals surface area contributed by atoms with E-state index in [4.69, 9.17) is 22.1 Å². The molecule has 0 saturated heterocycles. The van der Waals surface area contributed by atoms with Gasteiger partial charge in [0.25, 0.3) is 5.91 Å². The Kier molecular flexibility index (Phi) is 6.71. The van der Waals surface area contributed by atoms with E-state index in [1.54, 1.807) is 17.0 Å². The van der Waals surface area contributed by atoms with Crippen molar-refractivity contribution in [2.75, 3.05) is 19.4 Å². The van der Waals surface area contributed by atoms with Gasteiger partial charge in [0.05, 0.1) is 36.5 Å². The Labute approximate surface area is 156 Å². The summed E-state index contributed by atoms with van der Waals surface area (Å²) in [5.41, 5.74) is 6.52. The zero-order valence-corrected chi connectivity index (χ0v) is 15.5. The minimum Gasteiger partial charge on any atom is -0.496 e. The number of nitrogen functional groups attached to an aromatic ring is 1. The maximum Gasteiger partial charge on any atom is 0.258 e. The Hall–Kier alpha value is -1.70. The predicted molar refractivity (Wildman–Crippen MR) is 96.4 cm³/mol. The molecular formula is C14H18Cl3N5O2. The largest absolute Gasteiger partial charge is 0.496 e. The lowest BCUT2D eigenvalue weighted by molar-refractivity contribution is 0.0699. The molecule has 2 N–H and O–H groups in total. The second-order valence-corrected chi connectivity index (χ2v) is 5.51. The molecule has 1 aliphatic heterocycles. The van der Waals surface area contributed by atoms with Crippen LogP contribution in [0, 0.1) is 6.92 Å². The molecule has 2 heterocycles. The molecule has 132 valence electrons. The third-order valence-electron chi connectivity index (χ3n) is 3.60. The molecular weight excluding hydrogens is 377 g/mol. The number of fused-ring (bicyclic) bond motifs is 1. The maximum atomic E-state index is 12.7. The molecule has 0 radical (unpaired) electrons. The van der Waals surface area contributed by atoms with E-state index in [2.05, 4.69) is 10.1 Å². The van der Waals surface area contributed by atoms with E-state index >= 15 is 0 Å². The number of benzene rings is 1. The number of anilines is 1. The molecule has 24 heavy (non-hydrogen) atoms. The number of halogens is 3. The summed E-state index contributed by atoms with van der Waals surface area (Å²) in [7, 11) is 1.50. The molecule has 0 unspecified atom stereocenters. The molecule has 1 amide bonds. The molecule has 0 aliphatic carbocycles. The fourth-order valence-corrected chi connectivity index (χ4v) is 2.67. The van der Waals surface area contributed by atoms with E-state index in [9.17, 15) is 4.79 Å². The molecule has 3 rings (SSSR count). The smallest absolute Gasteiger partial charge is 0.258 e. The van der Waals surface area contributed by atoms with E-state index in [-0.39, 0.29) is 30.7 Å². The number of rotatable bonds is 2. The topological polar surface area (TPSA) is 86.3 Å². The number of amides is 1. The standard InChI is InChI=1S/C14H16ClN5O2.2ClH/c1-8-17-13-7-19(3-4-20(13)18-8)14(21)9-5-10(15)11(16)6-12(9)22-2;;/h5-6H,3-4,7,16H2,1-2H3;2*1H. The summed E-state index contributed by atoms with van der Waals surface area (Å²) in [6.07, 6.45) is 0. The highest BCUT2D eigenvalue weighted by molar-refractivity contribution is 6.33. The minimum atomic E-state index is -0.161. The van der Waals surface area contributed by atoms with Crippen molar-refractivity contribution in [3.63, 3.8) is 0 Å². The van der Waals surface area contributed by atoms with Crippen molar-refractivity contribution in [2.45, 2.75) is 20.0 Å². The predicted octanol–water partition coefficient (Wildman–Crippen LogP) is 2.33.